The summed E-state index contributed by atoms with van der Waals surface area (Å²) in [6.45, 7) is 1.03. The molecule has 3 N–H and O–H groups in total. The molecule has 1 heterocycles. The maximum absolute atomic E-state index is 13.2. The lowest BCUT2D eigenvalue weighted by Crippen LogP contribution is -2.45. The van der Waals surface area contributed by atoms with Gasteiger partial charge in [0.25, 0.3) is 5.92 Å². The van der Waals surface area contributed by atoms with Gasteiger partial charge in [-0.05, 0) is 25.3 Å². The van der Waals surface area contributed by atoms with E-state index in [1.807, 2.05) is 31.2 Å². The number of nitrogens with one attached hydrogen (secondary N) is 1. The molecule has 0 aliphatic carbocycles. The Labute approximate surface area is 141 Å². The van der Waals surface area contributed by atoms with Crippen molar-refractivity contribution in [2.24, 2.45) is 11.7 Å². The second-order valence-electron chi connectivity index (χ2n) is 5.73. The summed E-state index contributed by atoms with van der Waals surface area (Å²) in [5, 5.41) is 2.31. The standard InChI is InChI=1S/C16H22F2N2O2.ClH/c1-11-4-6-12(7-5-11)14-13(3-2-8-22-14)15(21)20-10-16(17,18)9-19;/h4-7,13-14H,2-3,8-10,19H2,1H3,(H,20,21);1H. The fourth-order valence-electron chi connectivity index (χ4n) is 2.55. The van der Waals surface area contributed by atoms with Gasteiger partial charge in [-0.3, -0.25) is 4.79 Å². The van der Waals surface area contributed by atoms with Gasteiger partial charge in [-0.1, -0.05) is 29.8 Å². The highest BCUT2D eigenvalue weighted by molar-refractivity contribution is 5.85. The molecule has 1 aromatic carbocycles. The van der Waals surface area contributed by atoms with Crippen LogP contribution in [-0.2, 0) is 9.53 Å². The fraction of sp³-hybridized carbons (Fsp3) is 0.562. The predicted molar refractivity (Wildman–Crippen MR) is 86.9 cm³/mol. The van der Waals surface area contributed by atoms with E-state index < -0.39 is 30.8 Å². The Morgan fingerprint density at radius 3 is 2.65 bits per heavy atom. The monoisotopic (exact) mass is 348 g/mol. The molecular weight excluding hydrogens is 326 g/mol. The van der Waals surface area contributed by atoms with E-state index in [0.717, 1.165) is 17.5 Å². The quantitative estimate of drug-likeness (QED) is 0.859. The van der Waals surface area contributed by atoms with Crippen LogP contribution in [0.4, 0.5) is 8.78 Å². The molecule has 0 saturated carbocycles. The zero-order valence-corrected chi connectivity index (χ0v) is 13.9. The molecule has 1 amide bonds. The van der Waals surface area contributed by atoms with Crippen molar-refractivity contribution in [3.63, 3.8) is 0 Å². The Hall–Kier alpha value is -1.24. The lowest BCUT2D eigenvalue weighted by atomic mass is 9.88. The summed E-state index contributed by atoms with van der Waals surface area (Å²) in [5.74, 6) is -3.94. The maximum Gasteiger partial charge on any atom is 0.277 e. The van der Waals surface area contributed by atoms with Crippen LogP contribution in [-0.4, -0.2) is 31.5 Å². The van der Waals surface area contributed by atoms with E-state index in [9.17, 15) is 13.6 Å². The van der Waals surface area contributed by atoms with Gasteiger partial charge in [0.2, 0.25) is 5.91 Å². The van der Waals surface area contributed by atoms with Gasteiger partial charge >= 0.3 is 0 Å². The van der Waals surface area contributed by atoms with Gasteiger partial charge in [0.05, 0.1) is 25.1 Å². The normalized spacial score (nSPS) is 21.4. The average Bonchev–Trinajstić information content (AvgIpc) is 2.53. The third-order valence-electron chi connectivity index (χ3n) is 3.88. The Kier molecular flexibility index (Phi) is 7.38. The topological polar surface area (TPSA) is 64.3 Å². The van der Waals surface area contributed by atoms with E-state index in [-0.39, 0.29) is 18.5 Å². The smallest absolute Gasteiger partial charge is 0.277 e. The van der Waals surface area contributed by atoms with Gasteiger partial charge in [0.1, 0.15) is 0 Å². The van der Waals surface area contributed by atoms with Gasteiger partial charge in [-0.15, -0.1) is 12.4 Å². The highest BCUT2D eigenvalue weighted by atomic mass is 35.5. The molecule has 2 unspecified atom stereocenters. The fourth-order valence-corrected chi connectivity index (χ4v) is 2.55. The molecule has 1 aliphatic rings. The first kappa shape index (κ1) is 19.8. The van der Waals surface area contributed by atoms with Crippen LogP contribution in [0.15, 0.2) is 24.3 Å². The van der Waals surface area contributed by atoms with Crippen LogP contribution in [0.1, 0.15) is 30.1 Å². The SMILES string of the molecule is Cc1ccc(C2OCCCC2C(=O)NCC(F)(F)CN)cc1.Cl. The summed E-state index contributed by atoms with van der Waals surface area (Å²) in [6.07, 6.45) is 0.979. The average molecular weight is 349 g/mol. The minimum absolute atomic E-state index is 0. The van der Waals surface area contributed by atoms with E-state index in [4.69, 9.17) is 10.5 Å². The number of halogens is 3. The number of benzene rings is 1. The Morgan fingerprint density at radius 2 is 2.04 bits per heavy atom. The van der Waals surface area contributed by atoms with Crippen molar-refractivity contribution in [2.45, 2.75) is 31.8 Å². The zero-order valence-electron chi connectivity index (χ0n) is 13.1. The van der Waals surface area contributed by atoms with Crippen LogP contribution in [0.5, 0.6) is 0 Å². The first-order valence-electron chi connectivity index (χ1n) is 7.47. The largest absolute Gasteiger partial charge is 0.373 e. The van der Waals surface area contributed by atoms with Gasteiger partial charge in [-0.2, -0.15) is 0 Å². The molecule has 0 radical (unpaired) electrons. The number of carbonyl (C=O) groups is 1. The highest BCUT2D eigenvalue weighted by Crippen LogP contribution is 2.34. The third kappa shape index (κ3) is 5.41. The first-order valence-corrected chi connectivity index (χ1v) is 7.47. The molecule has 1 aliphatic heterocycles. The number of hydrogen-bond donors (Lipinski definition) is 2. The van der Waals surface area contributed by atoms with E-state index >= 15 is 0 Å². The van der Waals surface area contributed by atoms with Crippen molar-refractivity contribution < 1.29 is 18.3 Å². The number of amides is 1. The van der Waals surface area contributed by atoms with Crippen molar-refractivity contribution in [1.82, 2.24) is 5.32 Å². The molecule has 4 nitrogen and oxygen atoms in total. The number of nitrogens with two attached hydrogens (primary N) is 1. The number of aryl methyl sites for hydroxylation is 1. The highest BCUT2D eigenvalue weighted by Gasteiger charge is 2.35. The van der Waals surface area contributed by atoms with Crippen LogP contribution in [0.25, 0.3) is 0 Å². The molecular formula is C16H23ClF2N2O2. The Bertz CT molecular complexity index is 511. The van der Waals surface area contributed by atoms with Crippen molar-refractivity contribution in [2.75, 3.05) is 19.7 Å². The molecule has 0 aromatic heterocycles. The van der Waals surface area contributed by atoms with Crippen LogP contribution >= 0.6 is 12.4 Å². The summed E-state index contributed by atoms with van der Waals surface area (Å²) in [6, 6.07) is 7.73. The van der Waals surface area contributed by atoms with E-state index in [1.54, 1.807) is 0 Å². The number of ether oxygens (including phenoxy) is 1. The van der Waals surface area contributed by atoms with Gasteiger partial charge < -0.3 is 15.8 Å². The summed E-state index contributed by atoms with van der Waals surface area (Å²) >= 11 is 0. The predicted octanol–water partition coefficient (Wildman–Crippen LogP) is 2.59. The van der Waals surface area contributed by atoms with Crippen LogP contribution in [0.2, 0.25) is 0 Å². The molecule has 2 atom stereocenters. The lowest BCUT2D eigenvalue weighted by molar-refractivity contribution is -0.136. The third-order valence-corrected chi connectivity index (χ3v) is 3.88. The molecule has 23 heavy (non-hydrogen) atoms. The number of alkyl halides is 2. The summed E-state index contributed by atoms with van der Waals surface area (Å²) in [7, 11) is 0. The summed E-state index contributed by atoms with van der Waals surface area (Å²) in [4.78, 5) is 12.2. The van der Waals surface area contributed by atoms with Gasteiger partial charge in [-0.25, -0.2) is 8.78 Å². The van der Waals surface area contributed by atoms with E-state index in [0.29, 0.717) is 13.0 Å². The van der Waals surface area contributed by atoms with Crippen LogP contribution < -0.4 is 11.1 Å². The van der Waals surface area contributed by atoms with E-state index in [2.05, 4.69) is 5.32 Å². The van der Waals surface area contributed by atoms with Crippen LogP contribution in [0, 0.1) is 12.8 Å². The van der Waals surface area contributed by atoms with Gasteiger partial charge in [0, 0.05) is 6.61 Å². The van der Waals surface area contributed by atoms with E-state index in [1.165, 1.54) is 0 Å². The Morgan fingerprint density at radius 1 is 1.39 bits per heavy atom. The second kappa shape index (κ2) is 8.57. The molecule has 0 spiro atoms. The zero-order chi connectivity index (χ0) is 16.2. The van der Waals surface area contributed by atoms with Gasteiger partial charge in [0.15, 0.2) is 0 Å². The lowest BCUT2D eigenvalue weighted by Gasteiger charge is -2.31. The minimum Gasteiger partial charge on any atom is -0.373 e. The number of rotatable bonds is 5. The molecule has 1 saturated heterocycles. The molecule has 130 valence electrons. The maximum atomic E-state index is 13.2. The molecule has 1 fully saturated rings. The van der Waals surface area contributed by atoms with Crippen molar-refractivity contribution in [1.29, 1.82) is 0 Å². The second-order valence-corrected chi connectivity index (χ2v) is 5.73. The molecule has 2 rings (SSSR count). The number of carbonyl (C=O) groups excluding carboxylic acids is 1. The molecule has 0 bridgehead atoms. The Balaban J connectivity index is 0.00000264. The summed E-state index contributed by atoms with van der Waals surface area (Å²) in [5.41, 5.74) is 6.99. The first-order chi connectivity index (χ1) is 10.4. The summed E-state index contributed by atoms with van der Waals surface area (Å²) < 4.78 is 32.1. The van der Waals surface area contributed by atoms with Crippen molar-refractivity contribution >= 4 is 18.3 Å². The molecule has 1 aromatic rings. The molecule has 7 heteroatoms. The minimum atomic E-state index is -3.08. The van der Waals surface area contributed by atoms with Crippen LogP contribution in [0.3, 0.4) is 0 Å². The van der Waals surface area contributed by atoms with Crippen molar-refractivity contribution in [3.8, 4) is 0 Å². The van der Waals surface area contributed by atoms with Crippen molar-refractivity contribution in [3.05, 3.63) is 35.4 Å². The number of hydrogen-bond acceptors (Lipinski definition) is 3.